The highest BCUT2D eigenvalue weighted by Crippen LogP contribution is 2.09. The van der Waals surface area contributed by atoms with Gasteiger partial charge in [0.2, 0.25) is 0 Å². The van der Waals surface area contributed by atoms with E-state index in [-0.39, 0.29) is 0 Å². The molecule has 1 N–H and O–H groups in total. The average molecular weight is 260 g/mol. The van der Waals surface area contributed by atoms with E-state index in [4.69, 9.17) is 5.26 Å². The molecule has 0 unspecified atom stereocenters. The number of hydrogen-bond donors (Lipinski definition) is 1. The SMILES string of the molecule is CC(C)(C)NS(=O)(=O)N1CCN(CC#N)CC1. The third-order valence-electron chi connectivity index (χ3n) is 2.40. The first-order valence-electron chi connectivity index (χ1n) is 5.63. The van der Waals surface area contributed by atoms with Gasteiger partial charge in [0.1, 0.15) is 0 Å². The molecule has 0 aromatic rings. The van der Waals surface area contributed by atoms with Gasteiger partial charge in [0.25, 0.3) is 10.2 Å². The van der Waals surface area contributed by atoms with E-state index in [0.29, 0.717) is 32.7 Å². The Balaban J connectivity index is 2.57. The largest absolute Gasteiger partial charge is 0.288 e. The van der Waals surface area contributed by atoms with E-state index in [2.05, 4.69) is 10.8 Å². The predicted molar refractivity (Wildman–Crippen MR) is 65.4 cm³/mol. The van der Waals surface area contributed by atoms with E-state index in [1.165, 1.54) is 4.31 Å². The van der Waals surface area contributed by atoms with Gasteiger partial charge in [-0.25, -0.2) is 0 Å². The first kappa shape index (κ1) is 14.4. The first-order valence-corrected chi connectivity index (χ1v) is 7.07. The van der Waals surface area contributed by atoms with Crippen molar-refractivity contribution >= 4 is 10.2 Å². The molecule has 1 saturated heterocycles. The average Bonchev–Trinajstić information content (AvgIpc) is 2.15. The summed E-state index contributed by atoms with van der Waals surface area (Å²) < 4.78 is 28.1. The topological polar surface area (TPSA) is 76.4 Å². The van der Waals surface area contributed by atoms with Crippen molar-refractivity contribution in [1.29, 1.82) is 5.26 Å². The highest BCUT2D eigenvalue weighted by Gasteiger charge is 2.29. The Morgan fingerprint density at radius 2 is 1.76 bits per heavy atom. The predicted octanol–water partition coefficient (Wildman–Crippen LogP) is -0.240. The number of nitriles is 1. The number of piperazine rings is 1. The van der Waals surface area contributed by atoms with Crippen LogP contribution in [0, 0.1) is 11.3 Å². The molecular weight excluding hydrogens is 240 g/mol. The van der Waals surface area contributed by atoms with Crippen molar-refractivity contribution in [2.24, 2.45) is 0 Å². The zero-order chi connectivity index (χ0) is 13.1. The van der Waals surface area contributed by atoms with Crippen LogP contribution in [-0.2, 0) is 10.2 Å². The van der Waals surface area contributed by atoms with Crippen molar-refractivity contribution in [3.8, 4) is 6.07 Å². The summed E-state index contributed by atoms with van der Waals surface area (Å²) in [6.45, 7) is 7.90. The molecule has 1 fully saturated rings. The highest BCUT2D eigenvalue weighted by molar-refractivity contribution is 7.87. The lowest BCUT2D eigenvalue weighted by molar-refractivity contribution is 0.203. The standard InChI is InChI=1S/C10H20N4O2S/c1-10(2,3)12-17(15,16)14-8-6-13(5-4-11)7-9-14/h12H,5-9H2,1-3H3. The molecule has 0 radical (unpaired) electrons. The second-order valence-electron chi connectivity index (χ2n) is 5.19. The molecule has 7 heteroatoms. The zero-order valence-electron chi connectivity index (χ0n) is 10.6. The van der Waals surface area contributed by atoms with E-state index in [9.17, 15) is 8.42 Å². The van der Waals surface area contributed by atoms with Crippen molar-refractivity contribution in [3.05, 3.63) is 0 Å². The third-order valence-corrected chi connectivity index (χ3v) is 4.32. The fourth-order valence-electron chi connectivity index (χ4n) is 1.68. The summed E-state index contributed by atoms with van der Waals surface area (Å²) >= 11 is 0. The molecule has 1 aliphatic heterocycles. The summed E-state index contributed by atoms with van der Waals surface area (Å²) in [5, 5.41) is 8.56. The maximum atomic E-state index is 12.0. The molecule has 6 nitrogen and oxygen atoms in total. The van der Waals surface area contributed by atoms with Crippen molar-refractivity contribution in [3.63, 3.8) is 0 Å². The molecule has 98 valence electrons. The van der Waals surface area contributed by atoms with Crippen LogP contribution in [0.25, 0.3) is 0 Å². The van der Waals surface area contributed by atoms with Gasteiger partial charge in [-0.15, -0.1) is 0 Å². The Labute approximate surface area is 103 Å². The molecule has 1 rings (SSSR count). The second kappa shape index (κ2) is 5.31. The monoisotopic (exact) mass is 260 g/mol. The summed E-state index contributed by atoms with van der Waals surface area (Å²) in [6, 6.07) is 2.07. The van der Waals surface area contributed by atoms with Gasteiger partial charge in [-0.2, -0.15) is 22.7 Å². The summed E-state index contributed by atoms with van der Waals surface area (Å²) in [5.41, 5.74) is -0.470. The third kappa shape index (κ3) is 4.60. The maximum absolute atomic E-state index is 12.0. The van der Waals surface area contributed by atoms with E-state index < -0.39 is 15.7 Å². The van der Waals surface area contributed by atoms with Crippen LogP contribution in [0.2, 0.25) is 0 Å². The molecular formula is C10H20N4O2S. The van der Waals surface area contributed by atoms with Gasteiger partial charge in [-0.05, 0) is 20.8 Å². The molecule has 0 aromatic heterocycles. The second-order valence-corrected chi connectivity index (χ2v) is 6.86. The van der Waals surface area contributed by atoms with Gasteiger partial charge >= 0.3 is 0 Å². The molecule has 0 amide bonds. The van der Waals surface area contributed by atoms with Gasteiger partial charge in [-0.1, -0.05) is 0 Å². The number of rotatable bonds is 3. The van der Waals surface area contributed by atoms with Crippen LogP contribution in [-0.4, -0.2) is 55.9 Å². The van der Waals surface area contributed by atoms with Crippen LogP contribution in [0.3, 0.4) is 0 Å². The molecule has 1 aliphatic rings. The van der Waals surface area contributed by atoms with Crippen molar-refractivity contribution in [2.75, 3.05) is 32.7 Å². The Bertz CT molecular complexity index is 386. The lowest BCUT2D eigenvalue weighted by Crippen LogP contribution is -2.55. The zero-order valence-corrected chi connectivity index (χ0v) is 11.4. The highest BCUT2D eigenvalue weighted by atomic mass is 32.2. The Hall–Kier alpha value is -0.680. The van der Waals surface area contributed by atoms with E-state index in [1.54, 1.807) is 0 Å². The van der Waals surface area contributed by atoms with Gasteiger partial charge in [0.15, 0.2) is 0 Å². The first-order chi connectivity index (χ1) is 7.74. The lowest BCUT2D eigenvalue weighted by atomic mass is 10.1. The summed E-state index contributed by atoms with van der Waals surface area (Å²) in [7, 11) is -3.41. The molecule has 0 bridgehead atoms. The van der Waals surface area contributed by atoms with Crippen LogP contribution in [0.15, 0.2) is 0 Å². The minimum atomic E-state index is -3.41. The molecule has 0 spiro atoms. The van der Waals surface area contributed by atoms with E-state index in [0.717, 1.165) is 0 Å². The number of hydrogen-bond acceptors (Lipinski definition) is 4. The Morgan fingerprint density at radius 3 is 2.18 bits per heavy atom. The fourth-order valence-corrected chi connectivity index (χ4v) is 3.23. The summed E-state index contributed by atoms with van der Waals surface area (Å²) in [4.78, 5) is 1.95. The summed E-state index contributed by atoms with van der Waals surface area (Å²) in [5.74, 6) is 0. The minimum absolute atomic E-state index is 0.362. The number of nitrogens with one attached hydrogen (secondary N) is 1. The van der Waals surface area contributed by atoms with E-state index in [1.807, 2.05) is 25.7 Å². The fraction of sp³-hybridized carbons (Fsp3) is 0.900. The minimum Gasteiger partial charge on any atom is -0.288 e. The molecule has 1 heterocycles. The quantitative estimate of drug-likeness (QED) is 0.711. The van der Waals surface area contributed by atoms with Crippen LogP contribution < -0.4 is 4.72 Å². The van der Waals surface area contributed by atoms with Gasteiger partial charge in [0, 0.05) is 31.7 Å². The molecule has 17 heavy (non-hydrogen) atoms. The number of nitrogens with zero attached hydrogens (tertiary/aromatic N) is 3. The van der Waals surface area contributed by atoms with Crippen LogP contribution >= 0.6 is 0 Å². The van der Waals surface area contributed by atoms with Crippen molar-refractivity contribution < 1.29 is 8.42 Å². The smallest absolute Gasteiger partial charge is 0.280 e. The molecule has 0 aromatic carbocycles. The molecule has 0 aliphatic carbocycles. The lowest BCUT2D eigenvalue weighted by Gasteiger charge is -2.34. The van der Waals surface area contributed by atoms with Crippen LogP contribution in [0.4, 0.5) is 0 Å². The van der Waals surface area contributed by atoms with Crippen molar-refractivity contribution in [1.82, 2.24) is 13.9 Å². The molecule has 0 atom stereocenters. The summed E-state index contributed by atoms with van der Waals surface area (Å²) in [6.07, 6.45) is 0. The van der Waals surface area contributed by atoms with Gasteiger partial charge < -0.3 is 0 Å². The Morgan fingerprint density at radius 1 is 1.24 bits per heavy atom. The maximum Gasteiger partial charge on any atom is 0.280 e. The molecule has 0 saturated carbocycles. The van der Waals surface area contributed by atoms with Gasteiger partial charge in [0.05, 0.1) is 12.6 Å². The van der Waals surface area contributed by atoms with Crippen LogP contribution in [0.5, 0.6) is 0 Å². The Kier molecular flexibility index (Phi) is 4.49. The normalized spacial score (nSPS) is 20.1. The van der Waals surface area contributed by atoms with Crippen LogP contribution in [0.1, 0.15) is 20.8 Å². The van der Waals surface area contributed by atoms with E-state index >= 15 is 0 Å². The van der Waals surface area contributed by atoms with Gasteiger partial charge in [-0.3, -0.25) is 4.90 Å². The van der Waals surface area contributed by atoms with Crippen molar-refractivity contribution in [2.45, 2.75) is 26.3 Å².